The molecule has 0 unspecified atom stereocenters. The monoisotopic (exact) mass is 435 g/mol. The fourth-order valence-corrected chi connectivity index (χ4v) is 3.64. The van der Waals surface area contributed by atoms with Gasteiger partial charge in [0.05, 0.1) is 18.4 Å². The van der Waals surface area contributed by atoms with E-state index in [4.69, 9.17) is 4.74 Å². The zero-order chi connectivity index (χ0) is 22.8. The minimum atomic E-state index is -0.799. The van der Waals surface area contributed by atoms with E-state index >= 15 is 0 Å². The molecule has 0 saturated heterocycles. The number of rotatable bonds is 8. The minimum Gasteiger partial charge on any atom is -0.496 e. The number of para-hydroxylation sites is 2. The SMILES string of the molecule is COc1ccccc1CNC(=O)c1ccccc1NC(=O)C(=O)NCCC1=CCCCC1. The summed E-state index contributed by atoms with van der Waals surface area (Å²) in [6.45, 7) is 0.681. The lowest BCUT2D eigenvalue weighted by atomic mass is 9.97. The summed E-state index contributed by atoms with van der Waals surface area (Å²) in [4.78, 5) is 37.3. The molecule has 3 rings (SSSR count). The van der Waals surface area contributed by atoms with E-state index in [-0.39, 0.29) is 23.7 Å². The average molecular weight is 436 g/mol. The van der Waals surface area contributed by atoms with Crippen molar-refractivity contribution < 1.29 is 19.1 Å². The van der Waals surface area contributed by atoms with Crippen molar-refractivity contribution in [2.24, 2.45) is 0 Å². The summed E-state index contributed by atoms with van der Waals surface area (Å²) in [5, 5.41) is 8.03. The van der Waals surface area contributed by atoms with Crippen molar-refractivity contribution in [1.29, 1.82) is 0 Å². The number of methoxy groups -OCH3 is 1. The Balaban J connectivity index is 1.55. The van der Waals surface area contributed by atoms with Gasteiger partial charge in [0.2, 0.25) is 0 Å². The summed E-state index contributed by atoms with van der Waals surface area (Å²) in [5.74, 6) is -1.20. The summed E-state index contributed by atoms with van der Waals surface area (Å²) >= 11 is 0. The molecule has 1 aliphatic rings. The van der Waals surface area contributed by atoms with Gasteiger partial charge < -0.3 is 20.7 Å². The van der Waals surface area contributed by atoms with Crippen molar-refractivity contribution in [3.63, 3.8) is 0 Å². The van der Waals surface area contributed by atoms with Crippen molar-refractivity contribution in [2.45, 2.75) is 38.6 Å². The van der Waals surface area contributed by atoms with Crippen LogP contribution in [-0.2, 0) is 16.1 Å². The smallest absolute Gasteiger partial charge is 0.313 e. The number of amides is 3. The van der Waals surface area contributed by atoms with Crippen LogP contribution in [0.1, 0.15) is 48.0 Å². The number of anilines is 1. The number of carbonyl (C=O) groups is 3. The van der Waals surface area contributed by atoms with E-state index in [0.29, 0.717) is 12.3 Å². The van der Waals surface area contributed by atoms with Gasteiger partial charge in [0.25, 0.3) is 5.91 Å². The van der Waals surface area contributed by atoms with E-state index in [2.05, 4.69) is 22.0 Å². The summed E-state index contributed by atoms with van der Waals surface area (Å²) in [5.41, 5.74) is 2.71. The number of nitrogens with one attached hydrogen (secondary N) is 3. The molecule has 3 N–H and O–H groups in total. The lowest BCUT2D eigenvalue weighted by molar-refractivity contribution is -0.136. The minimum absolute atomic E-state index is 0.265. The molecule has 0 aromatic heterocycles. The summed E-state index contributed by atoms with van der Waals surface area (Å²) in [6, 6.07) is 14.0. The van der Waals surface area contributed by atoms with Crippen LogP contribution in [0.3, 0.4) is 0 Å². The molecule has 0 fully saturated rings. The predicted octanol–water partition coefficient (Wildman–Crippen LogP) is 3.57. The molecule has 0 spiro atoms. The molecule has 168 valence electrons. The van der Waals surface area contributed by atoms with Crippen molar-refractivity contribution in [3.8, 4) is 5.75 Å². The first-order chi connectivity index (χ1) is 15.6. The highest BCUT2D eigenvalue weighted by molar-refractivity contribution is 6.40. The van der Waals surface area contributed by atoms with Crippen LogP contribution in [0.15, 0.2) is 60.2 Å². The molecule has 32 heavy (non-hydrogen) atoms. The Kier molecular flexibility index (Phi) is 8.43. The fraction of sp³-hybridized carbons (Fsp3) is 0.320. The zero-order valence-electron chi connectivity index (χ0n) is 18.3. The Morgan fingerprint density at radius 3 is 2.50 bits per heavy atom. The van der Waals surface area contributed by atoms with E-state index < -0.39 is 11.8 Å². The first-order valence-corrected chi connectivity index (χ1v) is 10.8. The maximum atomic E-state index is 12.7. The number of hydrogen-bond acceptors (Lipinski definition) is 4. The van der Waals surface area contributed by atoms with Gasteiger partial charge in [-0.25, -0.2) is 0 Å². The molecule has 1 aliphatic carbocycles. The van der Waals surface area contributed by atoms with Crippen molar-refractivity contribution in [1.82, 2.24) is 10.6 Å². The van der Waals surface area contributed by atoms with Crippen LogP contribution in [-0.4, -0.2) is 31.4 Å². The summed E-state index contributed by atoms with van der Waals surface area (Å²) < 4.78 is 5.30. The lowest BCUT2D eigenvalue weighted by Crippen LogP contribution is -2.36. The van der Waals surface area contributed by atoms with E-state index in [1.165, 1.54) is 18.4 Å². The highest BCUT2D eigenvalue weighted by Gasteiger charge is 2.18. The van der Waals surface area contributed by atoms with E-state index in [9.17, 15) is 14.4 Å². The van der Waals surface area contributed by atoms with Crippen molar-refractivity contribution >= 4 is 23.4 Å². The fourth-order valence-electron chi connectivity index (χ4n) is 3.64. The van der Waals surface area contributed by atoms with Crippen LogP contribution in [0.25, 0.3) is 0 Å². The maximum Gasteiger partial charge on any atom is 0.313 e. The Labute approximate surface area is 188 Å². The number of ether oxygens (including phenoxy) is 1. The van der Waals surface area contributed by atoms with Crippen LogP contribution < -0.4 is 20.7 Å². The predicted molar refractivity (Wildman–Crippen MR) is 123 cm³/mol. The summed E-state index contributed by atoms with van der Waals surface area (Å²) in [6.07, 6.45) is 7.50. The van der Waals surface area contributed by atoms with Gasteiger partial charge in [0.1, 0.15) is 5.75 Å². The first-order valence-electron chi connectivity index (χ1n) is 10.8. The van der Waals surface area contributed by atoms with Gasteiger partial charge >= 0.3 is 11.8 Å². The normalized spacial score (nSPS) is 13.0. The Morgan fingerprint density at radius 2 is 1.72 bits per heavy atom. The molecule has 0 saturated carbocycles. The van der Waals surface area contributed by atoms with Crippen LogP contribution >= 0.6 is 0 Å². The number of hydrogen-bond donors (Lipinski definition) is 3. The molecule has 2 aromatic carbocycles. The second kappa shape index (κ2) is 11.7. The zero-order valence-corrected chi connectivity index (χ0v) is 18.3. The van der Waals surface area contributed by atoms with Gasteiger partial charge in [-0.15, -0.1) is 0 Å². The molecular weight excluding hydrogens is 406 g/mol. The average Bonchev–Trinajstić information content (AvgIpc) is 2.83. The maximum absolute atomic E-state index is 12.7. The molecule has 2 aromatic rings. The van der Waals surface area contributed by atoms with Gasteiger partial charge in [-0.3, -0.25) is 14.4 Å². The van der Waals surface area contributed by atoms with Gasteiger partial charge in [0, 0.05) is 18.7 Å². The summed E-state index contributed by atoms with van der Waals surface area (Å²) in [7, 11) is 1.57. The molecule has 0 bridgehead atoms. The third-order valence-corrected chi connectivity index (χ3v) is 5.37. The Hall–Kier alpha value is -3.61. The third kappa shape index (κ3) is 6.44. The van der Waals surface area contributed by atoms with Gasteiger partial charge in [-0.2, -0.15) is 0 Å². The number of benzene rings is 2. The molecule has 7 nitrogen and oxygen atoms in total. The standard InChI is InChI=1S/C25H29N3O4/c1-32-22-14-8-5-11-19(22)17-27-23(29)20-12-6-7-13-21(20)28-25(31)24(30)26-16-15-18-9-3-2-4-10-18/h5-9,11-14H,2-4,10,15-17H2,1H3,(H,26,30)(H,27,29)(H,28,31). The van der Waals surface area contributed by atoms with Crippen LogP contribution in [0.5, 0.6) is 5.75 Å². The van der Waals surface area contributed by atoms with Gasteiger partial charge in [-0.1, -0.05) is 42.0 Å². The third-order valence-electron chi connectivity index (χ3n) is 5.37. The van der Waals surface area contributed by atoms with Crippen molar-refractivity contribution in [2.75, 3.05) is 19.0 Å². The van der Waals surface area contributed by atoms with Crippen LogP contribution in [0.4, 0.5) is 5.69 Å². The molecule has 0 aliphatic heterocycles. The van der Waals surface area contributed by atoms with E-state index in [0.717, 1.165) is 24.8 Å². The molecule has 0 atom stereocenters. The van der Waals surface area contributed by atoms with Gasteiger partial charge in [-0.05, 0) is 50.3 Å². The molecule has 7 heteroatoms. The number of carbonyl (C=O) groups excluding carboxylic acids is 3. The molecule has 0 radical (unpaired) electrons. The Bertz CT molecular complexity index is 1000. The van der Waals surface area contributed by atoms with Crippen molar-refractivity contribution in [3.05, 3.63) is 71.3 Å². The molecular formula is C25H29N3O4. The van der Waals surface area contributed by atoms with Crippen LogP contribution in [0, 0.1) is 0 Å². The topological polar surface area (TPSA) is 96.5 Å². The quantitative estimate of drug-likeness (QED) is 0.436. The van der Waals surface area contributed by atoms with Gasteiger partial charge in [0.15, 0.2) is 0 Å². The second-order valence-corrected chi connectivity index (χ2v) is 7.61. The van der Waals surface area contributed by atoms with E-state index in [1.54, 1.807) is 31.4 Å². The van der Waals surface area contributed by atoms with Crippen LogP contribution in [0.2, 0.25) is 0 Å². The highest BCUT2D eigenvalue weighted by atomic mass is 16.5. The highest BCUT2D eigenvalue weighted by Crippen LogP contribution is 2.20. The molecule has 0 heterocycles. The lowest BCUT2D eigenvalue weighted by Gasteiger charge is -2.14. The first kappa shape index (κ1) is 23.1. The number of allylic oxidation sites excluding steroid dienone is 1. The Morgan fingerprint density at radius 1 is 0.938 bits per heavy atom. The largest absolute Gasteiger partial charge is 0.496 e. The van der Waals surface area contributed by atoms with E-state index in [1.807, 2.05) is 24.3 Å². The second-order valence-electron chi connectivity index (χ2n) is 7.61. The molecule has 3 amide bonds.